The van der Waals surface area contributed by atoms with E-state index in [1.54, 1.807) is 0 Å². The van der Waals surface area contributed by atoms with Crippen LogP contribution in [0.1, 0.15) is 37.7 Å². The van der Waals surface area contributed by atoms with Crippen LogP contribution >= 0.6 is 12.2 Å². The molecule has 0 atom stereocenters. The molecule has 0 saturated heterocycles. The van der Waals surface area contributed by atoms with Crippen LogP contribution in [0.25, 0.3) is 0 Å². The molecule has 8 heteroatoms. The second-order valence-electron chi connectivity index (χ2n) is 6.27. The van der Waals surface area contributed by atoms with Crippen LogP contribution < -0.4 is 21.5 Å². The Morgan fingerprint density at radius 3 is 2.35 bits per heavy atom. The van der Waals surface area contributed by atoms with Gasteiger partial charge in [0.2, 0.25) is 11.8 Å². The molecule has 4 N–H and O–H groups in total. The molecule has 0 spiro atoms. The first-order valence-corrected chi connectivity index (χ1v) is 9.15. The summed E-state index contributed by atoms with van der Waals surface area (Å²) in [5.74, 6) is -0.802. The molecule has 140 valence electrons. The second kappa shape index (κ2) is 10.5. The smallest absolute Gasteiger partial charge is 0.257 e. The van der Waals surface area contributed by atoms with Crippen LogP contribution in [0.4, 0.5) is 0 Å². The SMILES string of the molecule is O=C(CNC(=O)C1CCCCC1)NNC(=S)NC(=O)Cc1ccccc1. The first-order valence-electron chi connectivity index (χ1n) is 8.75. The van der Waals surface area contributed by atoms with E-state index in [-0.39, 0.29) is 35.8 Å². The Morgan fingerprint density at radius 1 is 0.962 bits per heavy atom. The molecule has 0 aliphatic heterocycles. The first kappa shape index (κ1) is 19.8. The van der Waals surface area contributed by atoms with Crippen LogP contribution in [0.2, 0.25) is 0 Å². The maximum absolute atomic E-state index is 12.0. The van der Waals surface area contributed by atoms with E-state index in [0.29, 0.717) is 0 Å². The Morgan fingerprint density at radius 2 is 1.65 bits per heavy atom. The van der Waals surface area contributed by atoms with Crippen molar-refractivity contribution in [1.29, 1.82) is 0 Å². The number of carbonyl (C=O) groups is 3. The third-order valence-electron chi connectivity index (χ3n) is 4.18. The van der Waals surface area contributed by atoms with Crippen molar-refractivity contribution in [1.82, 2.24) is 21.5 Å². The van der Waals surface area contributed by atoms with Crippen molar-refractivity contribution < 1.29 is 14.4 Å². The van der Waals surface area contributed by atoms with Gasteiger partial charge < -0.3 is 10.6 Å². The van der Waals surface area contributed by atoms with Crippen molar-refractivity contribution in [2.75, 3.05) is 6.54 Å². The van der Waals surface area contributed by atoms with Gasteiger partial charge in [-0.15, -0.1) is 0 Å². The highest BCUT2D eigenvalue weighted by molar-refractivity contribution is 7.80. The summed E-state index contributed by atoms with van der Waals surface area (Å²) in [6.07, 6.45) is 5.23. The third kappa shape index (κ3) is 7.18. The molecule has 2 rings (SSSR count). The molecule has 7 nitrogen and oxygen atoms in total. The predicted octanol–water partition coefficient (Wildman–Crippen LogP) is 0.948. The van der Waals surface area contributed by atoms with Gasteiger partial charge in [0.15, 0.2) is 5.11 Å². The Hall–Kier alpha value is -2.48. The summed E-state index contributed by atoms with van der Waals surface area (Å²) in [7, 11) is 0. The van der Waals surface area contributed by atoms with E-state index in [1.165, 1.54) is 6.42 Å². The van der Waals surface area contributed by atoms with Crippen molar-refractivity contribution in [3.8, 4) is 0 Å². The lowest BCUT2D eigenvalue weighted by molar-refractivity contribution is -0.129. The number of benzene rings is 1. The molecule has 3 amide bonds. The lowest BCUT2D eigenvalue weighted by Gasteiger charge is -2.20. The van der Waals surface area contributed by atoms with E-state index in [9.17, 15) is 14.4 Å². The van der Waals surface area contributed by atoms with Crippen molar-refractivity contribution in [3.05, 3.63) is 35.9 Å². The van der Waals surface area contributed by atoms with Gasteiger partial charge in [-0.2, -0.15) is 0 Å². The maximum Gasteiger partial charge on any atom is 0.257 e. The minimum absolute atomic E-state index is 0.00196. The van der Waals surface area contributed by atoms with E-state index >= 15 is 0 Å². The summed E-state index contributed by atoms with van der Waals surface area (Å²) in [4.78, 5) is 35.6. The number of thiocarbonyl (C=S) groups is 1. The number of hydrogen-bond acceptors (Lipinski definition) is 4. The Labute approximate surface area is 158 Å². The molecule has 1 aromatic carbocycles. The summed E-state index contributed by atoms with van der Waals surface area (Å²) in [6, 6.07) is 9.25. The number of amides is 3. The minimum Gasteiger partial charge on any atom is -0.347 e. The largest absolute Gasteiger partial charge is 0.347 e. The van der Waals surface area contributed by atoms with E-state index in [0.717, 1.165) is 31.2 Å². The number of hydrazine groups is 1. The summed E-state index contributed by atoms with van der Waals surface area (Å²) in [5, 5.41) is 5.11. The monoisotopic (exact) mass is 376 g/mol. The number of hydrogen-bond donors (Lipinski definition) is 4. The zero-order valence-corrected chi connectivity index (χ0v) is 15.4. The Balaban J connectivity index is 1.61. The number of rotatable bonds is 5. The topological polar surface area (TPSA) is 99.3 Å². The van der Waals surface area contributed by atoms with Crippen molar-refractivity contribution in [2.45, 2.75) is 38.5 Å². The molecule has 0 unspecified atom stereocenters. The highest BCUT2D eigenvalue weighted by Crippen LogP contribution is 2.23. The molecule has 1 aromatic rings. The average molecular weight is 376 g/mol. The van der Waals surface area contributed by atoms with E-state index in [1.807, 2.05) is 30.3 Å². The quantitative estimate of drug-likeness (QED) is 0.453. The summed E-state index contributed by atoms with van der Waals surface area (Å²) in [6.45, 7) is -0.136. The van der Waals surface area contributed by atoms with Crippen LogP contribution in [-0.2, 0) is 20.8 Å². The van der Waals surface area contributed by atoms with Crippen molar-refractivity contribution >= 4 is 35.1 Å². The lowest BCUT2D eigenvalue weighted by atomic mass is 9.89. The molecule has 1 aliphatic carbocycles. The van der Waals surface area contributed by atoms with E-state index in [4.69, 9.17) is 12.2 Å². The van der Waals surface area contributed by atoms with Gasteiger partial charge in [0, 0.05) is 5.92 Å². The fourth-order valence-electron chi connectivity index (χ4n) is 2.83. The standard InChI is InChI=1S/C18H24N4O3S/c23-15(11-13-7-3-1-4-8-13)20-18(26)22-21-16(24)12-19-17(25)14-9-5-2-6-10-14/h1,3-4,7-8,14H,2,5-6,9-12H2,(H,19,25)(H,21,24)(H2,20,22,23,26). The molecule has 26 heavy (non-hydrogen) atoms. The van der Waals surface area contributed by atoms with Crippen LogP contribution in [0.5, 0.6) is 0 Å². The fraction of sp³-hybridized carbons (Fsp3) is 0.444. The average Bonchev–Trinajstić information content (AvgIpc) is 2.65. The number of nitrogens with one attached hydrogen (secondary N) is 4. The number of carbonyl (C=O) groups excluding carboxylic acids is 3. The normalized spacial score (nSPS) is 14.2. The fourth-order valence-corrected chi connectivity index (χ4v) is 3.00. The molecule has 0 heterocycles. The molecule has 0 radical (unpaired) electrons. The Kier molecular flexibility index (Phi) is 8.01. The summed E-state index contributed by atoms with van der Waals surface area (Å²) < 4.78 is 0. The zero-order valence-electron chi connectivity index (χ0n) is 14.5. The second-order valence-corrected chi connectivity index (χ2v) is 6.67. The van der Waals surface area contributed by atoms with Gasteiger partial charge >= 0.3 is 0 Å². The summed E-state index contributed by atoms with van der Waals surface area (Å²) >= 11 is 4.96. The predicted molar refractivity (Wildman–Crippen MR) is 102 cm³/mol. The summed E-state index contributed by atoms with van der Waals surface area (Å²) in [5.41, 5.74) is 5.66. The molecular weight excluding hydrogens is 352 g/mol. The van der Waals surface area contributed by atoms with Gasteiger partial charge in [0.1, 0.15) is 0 Å². The van der Waals surface area contributed by atoms with Gasteiger partial charge in [0.05, 0.1) is 13.0 Å². The molecule has 0 aromatic heterocycles. The highest BCUT2D eigenvalue weighted by atomic mass is 32.1. The Bertz CT molecular complexity index is 645. The van der Waals surface area contributed by atoms with E-state index < -0.39 is 5.91 Å². The van der Waals surface area contributed by atoms with Crippen LogP contribution in [0.3, 0.4) is 0 Å². The minimum atomic E-state index is -0.436. The van der Waals surface area contributed by atoms with Crippen LogP contribution in [0, 0.1) is 5.92 Å². The van der Waals surface area contributed by atoms with Gasteiger partial charge in [0.25, 0.3) is 5.91 Å². The van der Waals surface area contributed by atoms with Crippen molar-refractivity contribution in [3.63, 3.8) is 0 Å². The molecule has 0 bridgehead atoms. The molecule has 1 aliphatic rings. The van der Waals surface area contributed by atoms with Gasteiger partial charge in [-0.3, -0.25) is 25.2 Å². The van der Waals surface area contributed by atoms with E-state index in [2.05, 4.69) is 21.5 Å². The maximum atomic E-state index is 12.0. The first-order chi connectivity index (χ1) is 12.5. The molecular formula is C18H24N4O3S. The van der Waals surface area contributed by atoms with Gasteiger partial charge in [-0.1, -0.05) is 49.6 Å². The van der Waals surface area contributed by atoms with Crippen LogP contribution in [0.15, 0.2) is 30.3 Å². The van der Waals surface area contributed by atoms with Gasteiger partial charge in [-0.25, -0.2) is 0 Å². The van der Waals surface area contributed by atoms with Crippen LogP contribution in [-0.4, -0.2) is 29.4 Å². The molecule has 1 saturated carbocycles. The molecule has 1 fully saturated rings. The zero-order chi connectivity index (χ0) is 18.8. The van der Waals surface area contributed by atoms with Gasteiger partial charge in [-0.05, 0) is 30.6 Å². The van der Waals surface area contributed by atoms with Crippen molar-refractivity contribution in [2.24, 2.45) is 5.92 Å². The third-order valence-corrected chi connectivity index (χ3v) is 4.38. The lowest BCUT2D eigenvalue weighted by Crippen LogP contribution is -2.51. The highest BCUT2D eigenvalue weighted by Gasteiger charge is 2.21.